The SMILES string of the molecule is Clc1ccc2c(c1)CCC1=C(C=CCC1)C2=C1CCN(CCCCCc2cnc[nH]2)CC1. The summed E-state index contributed by atoms with van der Waals surface area (Å²) < 4.78 is 0. The first-order chi connectivity index (χ1) is 15.8. The highest BCUT2D eigenvalue weighted by Crippen LogP contribution is 2.42. The zero-order valence-electron chi connectivity index (χ0n) is 19.0. The van der Waals surface area contributed by atoms with Crippen LogP contribution in [0.4, 0.5) is 0 Å². The van der Waals surface area contributed by atoms with Crippen LogP contribution in [0.5, 0.6) is 0 Å². The van der Waals surface area contributed by atoms with Gasteiger partial charge in [0.15, 0.2) is 0 Å². The van der Waals surface area contributed by atoms with Crippen LogP contribution in [0.2, 0.25) is 5.02 Å². The molecule has 1 aromatic carbocycles. The van der Waals surface area contributed by atoms with Crippen molar-refractivity contribution in [2.75, 3.05) is 19.6 Å². The second-order valence-corrected chi connectivity index (χ2v) is 9.90. The van der Waals surface area contributed by atoms with Crippen LogP contribution in [0, 0.1) is 0 Å². The molecule has 32 heavy (non-hydrogen) atoms. The molecule has 2 heterocycles. The summed E-state index contributed by atoms with van der Waals surface area (Å²) in [6.45, 7) is 3.61. The molecule has 168 valence electrons. The number of benzene rings is 1. The Morgan fingerprint density at radius 3 is 2.72 bits per heavy atom. The van der Waals surface area contributed by atoms with Gasteiger partial charge in [-0.15, -0.1) is 0 Å². The number of likely N-dealkylation sites (tertiary alicyclic amines) is 1. The normalized spacial score (nSPS) is 19.2. The van der Waals surface area contributed by atoms with Crippen molar-refractivity contribution in [2.45, 2.75) is 64.2 Å². The Kier molecular flexibility index (Phi) is 6.95. The molecular formula is C28H34ClN3. The van der Waals surface area contributed by atoms with Gasteiger partial charge < -0.3 is 9.88 Å². The number of rotatable bonds is 6. The summed E-state index contributed by atoms with van der Waals surface area (Å²) in [6.07, 6.45) is 20.5. The smallest absolute Gasteiger partial charge is 0.0921 e. The third kappa shape index (κ3) is 4.94. The van der Waals surface area contributed by atoms with E-state index in [1.807, 2.05) is 6.20 Å². The third-order valence-electron chi connectivity index (χ3n) is 7.37. The van der Waals surface area contributed by atoms with Crippen LogP contribution in [0.1, 0.15) is 68.2 Å². The van der Waals surface area contributed by atoms with E-state index >= 15 is 0 Å². The maximum absolute atomic E-state index is 6.38. The minimum absolute atomic E-state index is 0.867. The van der Waals surface area contributed by atoms with Crippen molar-refractivity contribution in [3.05, 3.63) is 81.4 Å². The predicted octanol–water partition coefficient (Wildman–Crippen LogP) is 6.92. The zero-order chi connectivity index (χ0) is 21.8. The van der Waals surface area contributed by atoms with E-state index in [0.717, 1.165) is 17.9 Å². The Balaban J connectivity index is 1.25. The van der Waals surface area contributed by atoms with Gasteiger partial charge in [-0.2, -0.15) is 0 Å². The van der Waals surface area contributed by atoms with Crippen molar-refractivity contribution < 1.29 is 0 Å². The molecule has 0 atom stereocenters. The molecule has 0 saturated carbocycles. The van der Waals surface area contributed by atoms with E-state index in [1.54, 1.807) is 23.0 Å². The number of halogens is 1. The Hall–Kier alpha value is -2.10. The number of aromatic nitrogens is 2. The van der Waals surface area contributed by atoms with Gasteiger partial charge in [-0.3, -0.25) is 0 Å². The highest BCUT2D eigenvalue weighted by molar-refractivity contribution is 6.30. The van der Waals surface area contributed by atoms with E-state index in [0.29, 0.717) is 0 Å². The fourth-order valence-corrected chi connectivity index (χ4v) is 5.80. The summed E-state index contributed by atoms with van der Waals surface area (Å²) in [5.74, 6) is 0. The van der Waals surface area contributed by atoms with E-state index in [-0.39, 0.29) is 0 Å². The molecule has 2 aliphatic carbocycles. The molecule has 3 nitrogen and oxygen atoms in total. The average Bonchev–Trinajstić information content (AvgIpc) is 3.28. The Labute approximate surface area is 197 Å². The van der Waals surface area contributed by atoms with E-state index < -0.39 is 0 Å². The van der Waals surface area contributed by atoms with E-state index in [9.17, 15) is 0 Å². The number of imidazole rings is 1. The van der Waals surface area contributed by atoms with Gasteiger partial charge >= 0.3 is 0 Å². The van der Waals surface area contributed by atoms with Crippen molar-refractivity contribution in [3.8, 4) is 0 Å². The highest BCUT2D eigenvalue weighted by atomic mass is 35.5. The van der Waals surface area contributed by atoms with E-state index in [4.69, 9.17) is 11.6 Å². The number of aryl methyl sites for hydroxylation is 2. The quantitative estimate of drug-likeness (QED) is 0.487. The molecule has 0 bridgehead atoms. The minimum atomic E-state index is 0.867. The number of aromatic amines is 1. The van der Waals surface area contributed by atoms with Crippen molar-refractivity contribution in [1.29, 1.82) is 0 Å². The molecule has 1 aromatic heterocycles. The largest absolute Gasteiger partial charge is 0.348 e. The number of fused-ring (bicyclic) bond motifs is 1. The fourth-order valence-electron chi connectivity index (χ4n) is 5.60. The number of piperidine rings is 1. The zero-order valence-corrected chi connectivity index (χ0v) is 19.8. The Morgan fingerprint density at radius 2 is 1.88 bits per heavy atom. The lowest BCUT2D eigenvalue weighted by Gasteiger charge is -2.31. The topological polar surface area (TPSA) is 31.9 Å². The summed E-state index contributed by atoms with van der Waals surface area (Å²) >= 11 is 6.38. The lowest BCUT2D eigenvalue weighted by molar-refractivity contribution is 0.251. The summed E-state index contributed by atoms with van der Waals surface area (Å²) in [7, 11) is 0. The molecule has 1 aliphatic heterocycles. The van der Waals surface area contributed by atoms with Gasteiger partial charge in [0.1, 0.15) is 0 Å². The van der Waals surface area contributed by atoms with Gasteiger partial charge in [-0.25, -0.2) is 4.98 Å². The van der Waals surface area contributed by atoms with Crippen molar-refractivity contribution in [3.63, 3.8) is 0 Å². The first-order valence-corrected chi connectivity index (χ1v) is 12.7. The van der Waals surface area contributed by atoms with Gasteiger partial charge in [0.05, 0.1) is 6.33 Å². The molecule has 0 spiro atoms. The Morgan fingerprint density at radius 1 is 0.969 bits per heavy atom. The van der Waals surface area contributed by atoms with Gasteiger partial charge in [0, 0.05) is 30.0 Å². The highest BCUT2D eigenvalue weighted by Gasteiger charge is 2.25. The van der Waals surface area contributed by atoms with Crippen molar-refractivity contribution >= 4 is 17.2 Å². The Bertz CT molecular complexity index is 1020. The van der Waals surface area contributed by atoms with E-state index in [2.05, 4.69) is 45.2 Å². The summed E-state index contributed by atoms with van der Waals surface area (Å²) in [6, 6.07) is 6.57. The molecule has 0 radical (unpaired) electrons. The molecule has 0 unspecified atom stereocenters. The number of allylic oxidation sites excluding steroid dienone is 5. The van der Waals surface area contributed by atoms with Gasteiger partial charge in [0.2, 0.25) is 0 Å². The number of nitrogens with one attached hydrogen (secondary N) is 1. The summed E-state index contributed by atoms with van der Waals surface area (Å²) in [4.78, 5) is 9.99. The number of hydrogen-bond donors (Lipinski definition) is 1. The van der Waals surface area contributed by atoms with Gasteiger partial charge in [-0.1, -0.05) is 47.4 Å². The number of H-pyrrole nitrogens is 1. The standard InChI is InChI=1S/C28H34ClN3/c29-24-11-12-27-23(18-24)10-9-21-6-3-4-8-26(21)28(27)22-13-16-32(17-14-22)15-5-1-2-7-25-19-30-20-31-25/h4,8,11-12,18-20H,1-3,5-7,9-10,13-17H2,(H,30,31). The minimum Gasteiger partial charge on any atom is -0.348 e. The van der Waals surface area contributed by atoms with Crippen LogP contribution in [0.25, 0.3) is 5.57 Å². The molecular weight excluding hydrogens is 414 g/mol. The number of nitrogens with zero attached hydrogens (tertiary/aromatic N) is 2. The second-order valence-electron chi connectivity index (χ2n) is 9.47. The van der Waals surface area contributed by atoms with Crippen LogP contribution in [0.3, 0.4) is 0 Å². The maximum Gasteiger partial charge on any atom is 0.0921 e. The first-order valence-electron chi connectivity index (χ1n) is 12.4. The summed E-state index contributed by atoms with van der Waals surface area (Å²) in [5.41, 5.74) is 10.5. The van der Waals surface area contributed by atoms with Crippen LogP contribution >= 0.6 is 11.6 Å². The predicted molar refractivity (Wildman–Crippen MR) is 134 cm³/mol. The van der Waals surface area contributed by atoms with Crippen LogP contribution in [0.15, 0.2) is 59.6 Å². The molecule has 1 fully saturated rings. The van der Waals surface area contributed by atoms with Gasteiger partial charge in [0.25, 0.3) is 0 Å². The van der Waals surface area contributed by atoms with Crippen molar-refractivity contribution in [2.24, 2.45) is 0 Å². The van der Waals surface area contributed by atoms with Crippen molar-refractivity contribution in [1.82, 2.24) is 14.9 Å². The summed E-state index contributed by atoms with van der Waals surface area (Å²) in [5, 5.41) is 0.867. The molecule has 3 aliphatic rings. The maximum atomic E-state index is 6.38. The molecule has 5 rings (SSSR count). The number of unbranched alkanes of at least 4 members (excludes halogenated alkanes) is 2. The van der Waals surface area contributed by atoms with Crippen LogP contribution in [-0.2, 0) is 12.8 Å². The lowest BCUT2D eigenvalue weighted by atomic mass is 9.83. The molecule has 2 aromatic rings. The monoisotopic (exact) mass is 447 g/mol. The molecule has 1 N–H and O–H groups in total. The molecule has 0 amide bonds. The molecule has 1 saturated heterocycles. The first kappa shape index (κ1) is 21.7. The number of hydrogen-bond acceptors (Lipinski definition) is 2. The van der Waals surface area contributed by atoms with E-state index in [1.165, 1.54) is 93.4 Å². The van der Waals surface area contributed by atoms with Gasteiger partial charge in [-0.05, 0) is 98.7 Å². The average molecular weight is 448 g/mol. The molecule has 4 heteroatoms. The lowest BCUT2D eigenvalue weighted by Crippen LogP contribution is -2.32. The van der Waals surface area contributed by atoms with Crippen LogP contribution in [-0.4, -0.2) is 34.5 Å². The second kappa shape index (κ2) is 10.2. The fraction of sp³-hybridized carbons (Fsp3) is 0.464. The van der Waals surface area contributed by atoms with Crippen LogP contribution < -0.4 is 0 Å². The third-order valence-corrected chi connectivity index (χ3v) is 7.60.